The van der Waals surface area contributed by atoms with Crippen molar-refractivity contribution in [2.24, 2.45) is 0 Å². The summed E-state index contributed by atoms with van der Waals surface area (Å²) in [6, 6.07) is 6.22. The number of halogens is 1. The molecule has 1 aromatic heterocycles. The van der Waals surface area contributed by atoms with Crippen molar-refractivity contribution in [2.75, 3.05) is 0 Å². The first-order chi connectivity index (χ1) is 9.52. The quantitative estimate of drug-likeness (QED) is 0.771. The van der Waals surface area contributed by atoms with E-state index in [4.69, 9.17) is 0 Å². The number of nitrogens with zero attached hydrogens (tertiary/aromatic N) is 2. The van der Waals surface area contributed by atoms with Crippen molar-refractivity contribution in [3.05, 3.63) is 51.3 Å². The molecule has 0 unspecified atom stereocenters. The summed E-state index contributed by atoms with van der Waals surface area (Å²) in [6.07, 6.45) is 3.07. The first kappa shape index (κ1) is 15.0. The molecule has 106 valence electrons. The molecule has 0 saturated heterocycles. The lowest BCUT2D eigenvalue weighted by atomic mass is 10.00. The van der Waals surface area contributed by atoms with E-state index in [1.54, 1.807) is 10.9 Å². The van der Waals surface area contributed by atoms with Crippen LogP contribution in [0, 0.1) is 13.8 Å². The van der Waals surface area contributed by atoms with Gasteiger partial charge in [0.25, 0.3) is 0 Å². The van der Waals surface area contributed by atoms with E-state index in [-0.39, 0.29) is 5.78 Å². The van der Waals surface area contributed by atoms with E-state index in [0.29, 0.717) is 12.1 Å². The molecule has 0 bridgehead atoms. The predicted octanol–water partition coefficient (Wildman–Crippen LogP) is 4.10. The molecule has 0 atom stereocenters. The molecule has 0 fully saturated rings. The zero-order valence-electron chi connectivity index (χ0n) is 12.1. The van der Waals surface area contributed by atoms with Crippen LogP contribution in [0.3, 0.4) is 0 Å². The first-order valence-electron chi connectivity index (χ1n) is 6.83. The lowest BCUT2D eigenvalue weighted by Crippen LogP contribution is -2.13. The number of carbonyl (C=O) groups is 1. The maximum Gasteiger partial charge on any atom is 0.186 e. The molecular weight excluding hydrogens is 316 g/mol. The molecule has 20 heavy (non-hydrogen) atoms. The van der Waals surface area contributed by atoms with Crippen LogP contribution in [-0.4, -0.2) is 15.6 Å². The van der Waals surface area contributed by atoms with Gasteiger partial charge in [0.15, 0.2) is 5.78 Å². The minimum atomic E-state index is 0.108. The Kier molecular flexibility index (Phi) is 4.76. The molecule has 0 spiro atoms. The number of rotatable bonds is 5. The highest BCUT2D eigenvalue weighted by Gasteiger charge is 2.17. The van der Waals surface area contributed by atoms with Gasteiger partial charge in [0.05, 0.1) is 10.7 Å². The number of hydrogen-bond donors (Lipinski definition) is 0. The van der Waals surface area contributed by atoms with Gasteiger partial charge in [-0.3, -0.25) is 9.48 Å². The van der Waals surface area contributed by atoms with E-state index >= 15 is 0 Å². The van der Waals surface area contributed by atoms with Gasteiger partial charge in [0.1, 0.15) is 5.69 Å². The monoisotopic (exact) mass is 334 g/mol. The molecule has 0 aliphatic heterocycles. The third-order valence-corrected chi connectivity index (χ3v) is 3.93. The SMILES string of the molecule is CCCn1ncc(Br)c1C(=O)Cc1cc(C)ccc1C. The van der Waals surface area contributed by atoms with Crippen LogP contribution in [0.1, 0.15) is 40.5 Å². The number of carbonyl (C=O) groups excluding carboxylic acids is 1. The van der Waals surface area contributed by atoms with Crippen molar-refractivity contribution in [1.82, 2.24) is 9.78 Å². The second-order valence-electron chi connectivity index (χ2n) is 5.09. The van der Waals surface area contributed by atoms with Crippen LogP contribution in [0.25, 0.3) is 0 Å². The summed E-state index contributed by atoms with van der Waals surface area (Å²) in [7, 11) is 0. The fourth-order valence-electron chi connectivity index (χ4n) is 2.27. The maximum atomic E-state index is 12.6. The van der Waals surface area contributed by atoms with E-state index in [1.807, 2.05) is 13.8 Å². The van der Waals surface area contributed by atoms with Crippen molar-refractivity contribution in [3.63, 3.8) is 0 Å². The number of aryl methyl sites for hydroxylation is 3. The molecule has 2 rings (SSSR count). The summed E-state index contributed by atoms with van der Waals surface area (Å²) in [6.45, 7) is 6.93. The highest BCUT2D eigenvalue weighted by molar-refractivity contribution is 9.10. The summed E-state index contributed by atoms with van der Waals surface area (Å²) in [5, 5.41) is 4.26. The van der Waals surface area contributed by atoms with Gasteiger partial charge >= 0.3 is 0 Å². The van der Waals surface area contributed by atoms with E-state index in [0.717, 1.165) is 28.6 Å². The molecule has 2 aromatic rings. The molecule has 0 saturated carbocycles. The Labute approximate surface area is 128 Å². The Morgan fingerprint density at radius 3 is 2.80 bits per heavy atom. The van der Waals surface area contributed by atoms with Gasteiger partial charge in [0, 0.05) is 13.0 Å². The molecular formula is C16H19BrN2O. The minimum absolute atomic E-state index is 0.108. The van der Waals surface area contributed by atoms with E-state index < -0.39 is 0 Å². The fraction of sp³-hybridized carbons (Fsp3) is 0.375. The van der Waals surface area contributed by atoms with Crippen molar-refractivity contribution in [3.8, 4) is 0 Å². The van der Waals surface area contributed by atoms with Gasteiger partial charge in [-0.15, -0.1) is 0 Å². The Hall–Kier alpha value is -1.42. The molecule has 0 N–H and O–H groups in total. The van der Waals surface area contributed by atoms with Gasteiger partial charge in [-0.1, -0.05) is 30.7 Å². The average molecular weight is 335 g/mol. The molecule has 0 amide bonds. The predicted molar refractivity (Wildman–Crippen MR) is 84.2 cm³/mol. The number of ketones is 1. The van der Waals surface area contributed by atoms with Crippen molar-refractivity contribution in [1.29, 1.82) is 0 Å². The topological polar surface area (TPSA) is 34.9 Å². The summed E-state index contributed by atoms with van der Waals surface area (Å²) >= 11 is 3.43. The molecule has 4 heteroatoms. The lowest BCUT2D eigenvalue weighted by molar-refractivity contribution is 0.0981. The lowest BCUT2D eigenvalue weighted by Gasteiger charge is -2.09. The largest absolute Gasteiger partial charge is 0.292 e. The van der Waals surface area contributed by atoms with Crippen molar-refractivity contribution < 1.29 is 4.79 Å². The standard InChI is InChI=1S/C16H19BrN2O/c1-4-7-19-16(14(17)10-18-19)15(20)9-13-8-11(2)5-6-12(13)3/h5-6,8,10H,4,7,9H2,1-3H3. The van der Waals surface area contributed by atoms with Crippen LogP contribution in [-0.2, 0) is 13.0 Å². The Bertz CT molecular complexity index is 631. The Balaban J connectivity index is 2.28. The highest BCUT2D eigenvalue weighted by atomic mass is 79.9. The molecule has 1 heterocycles. The van der Waals surface area contributed by atoms with Crippen LogP contribution < -0.4 is 0 Å². The Morgan fingerprint density at radius 1 is 1.35 bits per heavy atom. The Morgan fingerprint density at radius 2 is 2.10 bits per heavy atom. The second kappa shape index (κ2) is 6.35. The number of Topliss-reactive ketones (excluding diaryl/α,β-unsaturated/α-hetero) is 1. The van der Waals surface area contributed by atoms with Gasteiger partial charge in [-0.2, -0.15) is 5.10 Å². The first-order valence-corrected chi connectivity index (χ1v) is 7.63. The molecule has 0 aliphatic carbocycles. The van der Waals surface area contributed by atoms with E-state index in [1.165, 1.54) is 5.56 Å². The summed E-state index contributed by atoms with van der Waals surface area (Å²) in [4.78, 5) is 12.6. The zero-order valence-corrected chi connectivity index (χ0v) is 13.7. The van der Waals surface area contributed by atoms with Gasteiger partial charge in [0.2, 0.25) is 0 Å². The molecule has 3 nitrogen and oxygen atoms in total. The van der Waals surface area contributed by atoms with Gasteiger partial charge < -0.3 is 0 Å². The van der Waals surface area contributed by atoms with Crippen molar-refractivity contribution >= 4 is 21.7 Å². The molecule has 0 radical (unpaired) electrons. The maximum absolute atomic E-state index is 12.6. The van der Waals surface area contributed by atoms with Crippen LogP contribution in [0.4, 0.5) is 0 Å². The van der Waals surface area contributed by atoms with Gasteiger partial charge in [-0.05, 0) is 47.3 Å². The summed E-state index contributed by atoms with van der Waals surface area (Å²) in [5.74, 6) is 0.108. The third-order valence-electron chi connectivity index (χ3n) is 3.35. The average Bonchev–Trinajstić information content (AvgIpc) is 2.75. The summed E-state index contributed by atoms with van der Waals surface area (Å²) in [5.41, 5.74) is 4.10. The summed E-state index contributed by atoms with van der Waals surface area (Å²) < 4.78 is 2.57. The number of hydrogen-bond acceptors (Lipinski definition) is 2. The number of benzene rings is 1. The fourth-order valence-corrected chi connectivity index (χ4v) is 2.79. The number of aromatic nitrogens is 2. The zero-order chi connectivity index (χ0) is 14.7. The van der Waals surface area contributed by atoms with Crippen LogP contribution in [0.5, 0.6) is 0 Å². The van der Waals surface area contributed by atoms with Crippen LogP contribution in [0.2, 0.25) is 0 Å². The third kappa shape index (κ3) is 3.18. The minimum Gasteiger partial charge on any atom is -0.292 e. The highest BCUT2D eigenvalue weighted by Crippen LogP contribution is 2.20. The second-order valence-corrected chi connectivity index (χ2v) is 5.95. The van der Waals surface area contributed by atoms with Crippen molar-refractivity contribution in [2.45, 2.75) is 40.2 Å². The van der Waals surface area contributed by atoms with Gasteiger partial charge in [-0.25, -0.2) is 0 Å². The van der Waals surface area contributed by atoms with E-state index in [9.17, 15) is 4.79 Å². The molecule has 0 aliphatic rings. The van der Waals surface area contributed by atoms with Crippen LogP contribution >= 0.6 is 15.9 Å². The molecule has 1 aromatic carbocycles. The van der Waals surface area contributed by atoms with Crippen LogP contribution in [0.15, 0.2) is 28.9 Å². The normalized spacial score (nSPS) is 10.8. The smallest absolute Gasteiger partial charge is 0.186 e. The van der Waals surface area contributed by atoms with E-state index in [2.05, 4.69) is 46.2 Å².